The SMILES string of the molecule is CCCN1CCC(NC(=O)CCc2nc(-c3ccc(Cl)cc3)no2)CC1. The molecule has 140 valence electrons. The Labute approximate surface area is 158 Å². The van der Waals surface area contributed by atoms with Crippen LogP contribution in [0.3, 0.4) is 0 Å². The predicted molar refractivity (Wildman–Crippen MR) is 101 cm³/mol. The molecule has 0 spiro atoms. The molecule has 1 N–H and O–H groups in total. The number of carbonyl (C=O) groups is 1. The van der Waals surface area contributed by atoms with Gasteiger partial charge in [0, 0.05) is 42.6 Å². The first-order valence-electron chi connectivity index (χ1n) is 9.24. The number of hydrogen-bond donors (Lipinski definition) is 1. The van der Waals surface area contributed by atoms with E-state index in [0.717, 1.165) is 38.0 Å². The van der Waals surface area contributed by atoms with Gasteiger partial charge >= 0.3 is 0 Å². The maximum atomic E-state index is 12.2. The lowest BCUT2D eigenvalue weighted by Crippen LogP contribution is -2.44. The van der Waals surface area contributed by atoms with Crippen LogP contribution in [0.4, 0.5) is 0 Å². The van der Waals surface area contributed by atoms with Crippen LogP contribution in [0.2, 0.25) is 5.02 Å². The van der Waals surface area contributed by atoms with Gasteiger partial charge in [-0.15, -0.1) is 0 Å². The van der Waals surface area contributed by atoms with Crippen LogP contribution in [0.1, 0.15) is 38.5 Å². The summed E-state index contributed by atoms with van der Waals surface area (Å²) in [5, 5.41) is 7.76. The van der Waals surface area contributed by atoms with Gasteiger partial charge in [-0.2, -0.15) is 4.98 Å². The normalized spacial score (nSPS) is 15.9. The smallest absolute Gasteiger partial charge is 0.227 e. The van der Waals surface area contributed by atoms with Gasteiger partial charge < -0.3 is 14.7 Å². The minimum Gasteiger partial charge on any atom is -0.353 e. The molecule has 1 aromatic heterocycles. The molecule has 2 aromatic rings. The Morgan fingerprint density at radius 3 is 2.73 bits per heavy atom. The highest BCUT2D eigenvalue weighted by atomic mass is 35.5. The number of aryl methyl sites for hydroxylation is 1. The van der Waals surface area contributed by atoms with Crippen LogP contribution >= 0.6 is 11.6 Å². The molecule has 1 aliphatic rings. The van der Waals surface area contributed by atoms with Gasteiger partial charge in [0.15, 0.2) is 0 Å². The van der Waals surface area contributed by atoms with E-state index >= 15 is 0 Å². The van der Waals surface area contributed by atoms with Gasteiger partial charge in [-0.05, 0) is 50.1 Å². The molecule has 2 heterocycles. The quantitative estimate of drug-likeness (QED) is 0.802. The topological polar surface area (TPSA) is 71.3 Å². The molecule has 7 heteroatoms. The molecule has 3 rings (SSSR count). The first-order chi connectivity index (χ1) is 12.6. The molecule has 6 nitrogen and oxygen atoms in total. The van der Waals surface area contributed by atoms with Crippen molar-refractivity contribution in [3.05, 3.63) is 35.2 Å². The van der Waals surface area contributed by atoms with E-state index in [0.29, 0.717) is 29.6 Å². The number of rotatable bonds is 7. The fourth-order valence-electron chi connectivity index (χ4n) is 3.21. The third-order valence-electron chi connectivity index (χ3n) is 4.63. The van der Waals surface area contributed by atoms with Gasteiger partial charge in [0.25, 0.3) is 0 Å². The van der Waals surface area contributed by atoms with Gasteiger partial charge in [-0.1, -0.05) is 23.7 Å². The monoisotopic (exact) mass is 376 g/mol. The molecule has 0 bridgehead atoms. The second kappa shape index (κ2) is 9.14. The van der Waals surface area contributed by atoms with Crippen LogP contribution < -0.4 is 5.32 Å². The molecule has 0 atom stereocenters. The van der Waals surface area contributed by atoms with Crippen molar-refractivity contribution in [2.24, 2.45) is 0 Å². The van der Waals surface area contributed by atoms with E-state index in [1.165, 1.54) is 6.42 Å². The Morgan fingerprint density at radius 1 is 1.31 bits per heavy atom. The maximum absolute atomic E-state index is 12.2. The minimum absolute atomic E-state index is 0.0465. The second-order valence-corrected chi connectivity index (χ2v) is 7.14. The van der Waals surface area contributed by atoms with Crippen LogP contribution in [-0.4, -0.2) is 46.6 Å². The van der Waals surface area contributed by atoms with Crippen molar-refractivity contribution in [1.29, 1.82) is 0 Å². The summed E-state index contributed by atoms with van der Waals surface area (Å²) in [5.41, 5.74) is 0.840. The summed E-state index contributed by atoms with van der Waals surface area (Å²) < 4.78 is 5.25. The first kappa shape index (κ1) is 18.9. The summed E-state index contributed by atoms with van der Waals surface area (Å²) >= 11 is 5.88. The number of carbonyl (C=O) groups excluding carboxylic acids is 1. The molecule has 1 aromatic carbocycles. The van der Waals surface area contributed by atoms with Crippen molar-refractivity contribution in [2.45, 2.75) is 45.1 Å². The van der Waals surface area contributed by atoms with E-state index in [1.54, 1.807) is 12.1 Å². The number of nitrogens with one attached hydrogen (secondary N) is 1. The minimum atomic E-state index is 0.0465. The summed E-state index contributed by atoms with van der Waals surface area (Å²) in [7, 11) is 0. The number of aromatic nitrogens is 2. The average Bonchev–Trinajstić information content (AvgIpc) is 3.11. The standard InChI is InChI=1S/C19H25ClN4O2/c1-2-11-24-12-9-16(10-13-24)21-17(25)7-8-18-22-19(23-26-18)14-3-5-15(20)6-4-14/h3-6,16H,2,7-13H2,1H3,(H,21,25). The summed E-state index contributed by atoms with van der Waals surface area (Å²) in [6, 6.07) is 7.53. The molecule has 1 fully saturated rings. The summed E-state index contributed by atoms with van der Waals surface area (Å²) in [6.45, 7) is 5.47. The largest absolute Gasteiger partial charge is 0.353 e. The van der Waals surface area contributed by atoms with Crippen LogP contribution in [-0.2, 0) is 11.2 Å². The Bertz CT molecular complexity index is 709. The molecule has 1 amide bonds. The fourth-order valence-corrected chi connectivity index (χ4v) is 3.34. The zero-order chi connectivity index (χ0) is 18.4. The third kappa shape index (κ3) is 5.29. The van der Waals surface area contributed by atoms with Crippen LogP contribution in [0.15, 0.2) is 28.8 Å². The maximum Gasteiger partial charge on any atom is 0.227 e. The third-order valence-corrected chi connectivity index (χ3v) is 4.88. The number of amides is 1. The van der Waals surface area contributed by atoms with Crippen molar-refractivity contribution in [3.63, 3.8) is 0 Å². The number of hydrogen-bond acceptors (Lipinski definition) is 5. The molecule has 0 radical (unpaired) electrons. The van der Waals surface area contributed by atoms with Crippen LogP contribution in [0, 0.1) is 0 Å². The van der Waals surface area contributed by atoms with Crippen LogP contribution in [0.25, 0.3) is 11.4 Å². The van der Waals surface area contributed by atoms with Gasteiger partial charge in [-0.3, -0.25) is 4.79 Å². The van der Waals surface area contributed by atoms with Crippen molar-refractivity contribution in [2.75, 3.05) is 19.6 Å². The Hall–Kier alpha value is -1.92. The molecular weight excluding hydrogens is 352 g/mol. The number of likely N-dealkylation sites (tertiary alicyclic amines) is 1. The lowest BCUT2D eigenvalue weighted by Gasteiger charge is -2.32. The highest BCUT2D eigenvalue weighted by molar-refractivity contribution is 6.30. The molecule has 0 unspecified atom stereocenters. The molecular formula is C19H25ClN4O2. The molecule has 1 saturated heterocycles. The Balaban J connectivity index is 1.43. The van der Waals surface area contributed by atoms with Gasteiger partial charge in [0.1, 0.15) is 0 Å². The average molecular weight is 377 g/mol. The van der Waals surface area contributed by atoms with Crippen molar-refractivity contribution in [3.8, 4) is 11.4 Å². The second-order valence-electron chi connectivity index (χ2n) is 6.70. The zero-order valence-corrected chi connectivity index (χ0v) is 15.8. The fraction of sp³-hybridized carbons (Fsp3) is 0.526. The van der Waals surface area contributed by atoms with E-state index in [2.05, 4.69) is 27.3 Å². The zero-order valence-electron chi connectivity index (χ0n) is 15.1. The van der Waals surface area contributed by atoms with Gasteiger partial charge in [-0.25, -0.2) is 0 Å². The predicted octanol–water partition coefficient (Wildman–Crippen LogP) is 3.31. The highest BCUT2D eigenvalue weighted by Gasteiger charge is 2.20. The summed E-state index contributed by atoms with van der Waals surface area (Å²) in [5.74, 6) is 1.04. The van der Waals surface area contributed by atoms with E-state index in [-0.39, 0.29) is 11.9 Å². The summed E-state index contributed by atoms with van der Waals surface area (Å²) in [4.78, 5) is 19.0. The number of benzene rings is 1. The molecule has 26 heavy (non-hydrogen) atoms. The highest BCUT2D eigenvalue weighted by Crippen LogP contribution is 2.19. The van der Waals surface area contributed by atoms with Crippen molar-refractivity contribution in [1.82, 2.24) is 20.4 Å². The van der Waals surface area contributed by atoms with Crippen molar-refractivity contribution >= 4 is 17.5 Å². The first-order valence-corrected chi connectivity index (χ1v) is 9.62. The van der Waals surface area contributed by atoms with E-state index < -0.39 is 0 Å². The number of nitrogens with zero attached hydrogens (tertiary/aromatic N) is 3. The summed E-state index contributed by atoms with van der Waals surface area (Å²) in [6.07, 6.45) is 4.03. The molecule has 0 aliphatic carbocycles. The number of piperidine rings is 1. The van der Waals surface area contributed by atoms with Gasteiger partial charge in [0.05, 0.1) is 0 Å². The Kier molecular flexibility index (Phi) is 6.63. The Morgan fingerprint density at radius 2 is 2.04 bits per heavy atom. The molecule has 1 aliphatic heterocycles. The van der Waals surface area contributed by atoms with E-state index in [1.807, 2.05) is 12.1 Å². The lowest BCUT2D eigenvalue weighted by molar-refractivity contribution is -0.122. The molecule has 0 saturated carbocycles. The van der Waals surface area contributed by atoms with Gasteiger partial charge in [0.2, 0.25) is 17.6 Å². The van der Waals surface area contributed by atoms with E-state index in [4.69, 9.17) is 16.1 Å². The number of halogens is 1. The van der Waals surface area contributed by atoms with Crippen LogP contribution in [0.5, 0.6) is 0 Å². The van der Waals surface area contributed by atoms with E-state index in [9.17, 15) is 4.79 Å². The lowest BCUT2D eigenvalue weighted by atomic mass is 10.0. The van der Waals surface area contributed by atoms with Crippen molar-refractivity contribution < 1.29 is 9.32 Å².